The summed E-state index contributed by atoms with van der Waals surface area (Å²) in [5, 5.41) is 11.3. The van der Waals surface area contributed by atoms with Crippen LogP contribution < -0.4 is 11.1 Å². The minimum atomic E-state index is -0.560. The van der Waals surface area contributed by atoms with E-state index in [-0.39, 0.29) is 11.3 Å². The molecule has 4 nitrogen and oxygen atoms in total. The van der Waals surface area contributed by atoms with Crippen LogP contribution in [0.5, 0.6) is 0 Å². The van der Waals surface area contributed by atoms with Crippen LogP contribution in [0.2, 0.25) is 0 Å². The number of benzene rings is 2. The number of nitrogens with zero attached hydrogens (tertiary/aromatic N) is 1. The Hall–Kier alpha value is -2.87. The molecule has 19 heavy (non-hydrogen) atoms. The van der Waals surface area contributed by atoms with Crippen LogP contribution >= 0.6 is 0 Å². The molecule has 94 valence electrons. The monoisotopic (exact) mass is 255 g/mol. The lowest BCUT2D eigenvalue weighted by Crippen LogP contribution is -2.12. The Morgan fingerprint density at radius 2 is 1.89 bits per heavy atom. The van der Waals surface area contributed by atoms with Crippen molar-refractivity contribution < 1.29 is 9.18 Å². The Kier molecular flexibility index (Phi) is 3.44. The van der Waals surface area contributed by atoms with Gasteiger partial charge in [0.15, 0.2) is 0 Å². The average molecular weight is 255 g/mol. The number of nitrogen functional groups attached to an aromatic ring is 1. The van der Waals surface area contributed by atoms with Crippen molar-refractivity contribution in [2.45, 2.75) is 0 Å². The fraction of sp³-hybridized carbons (Fsp3) is 0. The molecule has 2 aromatic carbocycles. The number of nitriles is 1. The molecule has 0 spiro atoms. The quantitative estimate of drug-likeness (QED) is 0.809. The summed E-state index contributed by atoms with van der Waals surface area (Å²) < 4.78 is 13.0. The van der Waals surface area contributed by atoms with Crippen LogP contribution in [0.4, 0.5) is 15.8 Å². The maximum atomic E-state index is 13.0. The zero-order chi connectivity index (χ0) is 13.8. The third-order valence-corrected chi connectivity index (χ3v) is 2.53. The predicted octanol–water partition coefficient (Wildman–Crippen LogP) is 2.53. The molecule has 2 aromatic rings. The van der Waals surface area contributed by atoms with Gasteiger partial charge in [-0.15, -0.1) is 0 Å². The van der Waals surface area contributed by atoms with Gasteiger partial charge in [-0.1, -0.05) is 0 Å². The first-order valence-corrected chi connectivity index (χ1v) is 5.46. The summed E-state index contributed by atoms with van der Waals surface area (Å²) in [5.74, 6) is -0.952. The second-order valence-electron chi connectivity index (χ2n) is 3.88. The highest BCUT2D eigenvalue weighted by atomic mass is 19.1. The lowest BCUT2D eigenvalue weighted by atomic mass is 10.1. The number of nitrogens with two attached hydrogens (primary N) is 1. The molecule has 0 heterocycles. The molecule has 0 unspecified atom stereocenters. The molecule has 0 aliphatic carbocycles. The van der Waals surface area contributed by atoms with Gasteiger partial charge in [-0.25, -0.2) is 4.39 Å². The van der Waals surface area contributed by atoms with Crippen molar-refractivity contribution in [3.63, 3.8) is 0 Å². The Bertz CT molecular complexity index is 659. The zero-order valence-corrected chi connectivity index (χ0v) is 9.85. The molecule has 2 rings (SSSR count). The predicted molar refractivity (Wildman–Crippen MR) is 69.9 cm³/mol. The number of carbonyl (C=O) groups excluding carboxylic acids is 1. The van der Waals surface area contributed by atoms with Crippen LogP contribution in [0.25, 0.3) is 0 Å². The van der Waals surface area contributed by atoms with Gasteiger partial charge in [0.25, 0.3) is 5.91 Å². The van der Waals surface area contributed by atoms with Gasteiger partial charge < -0.3 is 11.1 Å². The van der Waals surface area contributed by atoms with Gasteiger partial charge in [0, 0.05) is 11.3 Å². The van der Waals surface area contributed by atoms with E-state index in [0.717, 1.165) is 6.07 Å². The van der Waals surface area contributed by atoms with Gasteiger partial charge in [-0.3, -0.25) is 4.79 Å². The Morgan fingerprint density at radius 1 is 1.21 bits per heavy atom. The summed E-state index contributed by atoms with van der Waals surface area (Å²) in [4.78, 5) is 11.9. The standard InChI is InChI=1S/C14H10FN3O/c15-12-6-3-10(7-13(12)17)14(19)18-11-4-1-9(8-16)2-5-11/h1-7H,17H2,(H,18,19). The Morgan fingerprint density at radius 3 is 2.47 bits per heavy atom. The Labute approximate surface area is 109 Å². The molecular weight excluding hydrogens is 245 g/mol. The van der Waals surface area contributed by atoms with Crippen LogP contribution in [0, 0.1) is 17.1 Å². The minimum absolute atomic E-state index is 0.0764. The second-order valence-corrected chi connectivity index (χ2v) is 3.88. The average Bonchev–Trinajstić information content (AvgIpc) is 2.42. The zero-order valence-electron chi connectivity index (χ0n) is 9.85. The first-order valence-electron chi connectivity index (χ1n) is 5.46. The van der Waals surface area contributed by atoms with Crippen LogP contribution in [0.1, 0.15) is 15.9 Å². The number of hydrogen-bond donors (Lipinski definition) is 2. The molecule has 0 saturated heterocycles. The molecule has 0 fully saturated rings. The summed E-state index contributed by atoms with van der Waals surface area (Å²) in [6, 6.07) is 12.2. The van der Waals surface area contributed by atoms with Crippen molar-refractivity contribution >= 4 is 17.3 Å². The van der Waals surface area contributed by atoms with E-state index < -0.39 is 11.7 Å². The number of halogens is 1. The topological polar surface area (TPSA) is 78.9 Å². The van der Waals surface area contributed by atoms with Crippen molar-refractivity contribution in [1.29, 1.82) is 5.26 Å². The first-order chi connectivity index (χ1) is 9.10. The molecular formula is C14H10FN3O. The van der Waals surface area contributed by atoms with Crippen molar-refractivity contribution in [3.8, 4) is 6.07 Å². The number of carbonyl (C=O) groups is 1. The van der Waals surface area contributed by atoms with Gasteiger partial charge in [0.05, 0.1) is 17.3 Å². The number of rotatable bonds is 2. The maximum Gasteiger partial charge on any atom is 0.255 e. The highest BCUT2D eigenvalue weighted by Crippen LogP contribution is 2.15. The van der Waals surface area contributed by atoms with E-state index in [0.29, 0.717) is 11.3 Å². The van der Waals surface area contributed by atoms with Gasteiger partial charge >= 0.3 is 0 Å². The van der Waals surface area contributed by atoms with Gasteiger partial charge in [0.1, 0.15) is 5.82 Å². The van der Waals surface area contributed by atoms with E-state index in [1.54, 1.807) is 24.3 Å². The lowest BCUT2D eigenvalue weighted by molar-refractivity contribution is 0.102. The number of hydrogen-bond acceptors (Lipinski definition) is 3. The maximum absolute atomic E-state index is 13.0. The summed E-state index contributed by atoms with van der Waals surface area (Å²) in [6.45, 7) is 0. The number of nitrogens with one attached hydrogen (secondary N) is 1. The third-order valence-electron chi connectivity index (χ3n) is 2.53. The van der Waals surface area contributed by atoms with Gasteiger partial charge in [-0.2, -0.15) is 5.26 Å². The lowest BCUT2D eigenvalue weighted by Gasteiger charge is -2.06. The largest absolute Gasteiger partial charge is 0.396 e. The van der Waals surface area contributed by atoms with Crippen LogP contribution in [-0.2, 0) is 0 Å². The van der Waals surface area contributed by atoms with E-state index in [4.69, 9.17) is 11.0 Å². The van der Waals surface area contributed by atoms with Crippen molar-refractivity contribution in [2.24, 2.45) is 0 Å². The van der Waals surface area contributed by atoms with Crippen molar-refractivity contribution in [2.75, 3.05) is 11.1 Å². The molecule has 0 aromatic heterocycles. The number of anilines is 2. The Balaban J connectivity index is 2.16. The molecule has 3 N–H and O–H groups in total. The summed E-state index contributed by atoms with van der Waals surface area (Å²) in [7, 11) is 0. The smallest absolute Gasteiger partial charge is 0.255 e. The first kappa shape index (κ1) is 12.6. The second kappa shape index (κ2) is 5.19. The van der Waals surface area contributed by atoms with E-state index in [1.807, 2.05) is 6.07 Å². The summed E-state index contributed by atoms with van der Waals surface area (Å²) in [6.07, 6.45) is 0. The minimum Gasteiger partial charge on any atom is -0.396 e. The van der Waals surface area contributed by atoms with E-state index in [2.05, 4.69) is 5.32 Å². The van der Waals surface area contributed by atoms with Crippen molar-refractivity contribution in [1.82, 2.24) is 0 Å². The number of amides is 1. The van der Waals surface area contributed by atoms with E-state index in [9.17, 15) is 9.18 Å². The fourth-order valence-corrected chi connectivity index (χ4v) is 1.52. The third kappa shape index (κ3) is 2.87. The molecule has 0 saturated carbocycles. The molecule has 0 atom stereocenters. The molecule has 0 aliphatic rings. The highest BCUT2D eigenvalue weighted by molar-refractivity contribution is 6.04. The van der Waals surface area contributed by atoms with E-state index in [1.165, 1.54) is 12.1 Å². The summed E-state index contributed by atoms with van der Waals surface area (Å²) in [5.41, 5.74) is 6.64. The fourth-order valence-electron chi connectivity index (χ4n) is 1.52. The molecule has 1 amide bonds. The van der Waals surface area contributed by atoms with Crippen molar-refractivity contribution in [3.05, 3.63) is 59.4 Å². The summed E-state index contributed by atoms with van der Waals surface area (Å²) >= 11 is 0. The van der Waals surface area contributed by atoms with Crippen LogP contribution in [-0.4, -0.2) is 5.91 Å². The molecule has 0 radical (unpaired) electrons. The highest BCUT2D eigenvalue weighted by Gasteiger charge is 2.08. The van der Waals surface area contributed by atoms with Crippen LogP contribution in [0.3, 0.4) is 0 Å². The SMILES string of the molecule is N#Cc1ccc(NC(=O)c2ccc(F)c(N)c2)cc1. The van der Waals surface area contributed by atoms with Gasteiger partial charge in [0.2, 0.25) is 0 Å². The molecule has 0 aliphatic heterocycles. The van der Waals surface area contributed by atoms with Crippen LogP contribution in [0.15, 0.2) is 42.5 Å². The normalized spacial score (nSPS) is 9.68. The molecule has 5 heteroatoms. The van der Waals surface area contributed by atoms with Gasteiger partial charge in [-0.05, 0) is 42.5 Å². The molecule has 0 bridgehead atoms. The van der Waals surface area contributed by atoms with E-state index >= 15 is 0 Å².